The van der Waals surface area contributed by atoms with E-state index < -0.39 is 0 Å². The van der Waals surface area contributed by atoms with Gasteiger partial charge in [-0.05, 0) is 39.2 Å². The highest BCUT2D eigenvalue weighted by Gasteiger charge is 2.19. The smallest absolute Gasteiger partial charge is 0.105 e. The van der Waals surface area contributed by atoms with E-state index in [2.05, 4.69) is 18.3 Å². The summed E-state index contributed by atoms with van der Waals surface area (Å²) in [4.78, 5) is 0. The minimum absolute atomic E-state index is 0.625. The second-order valence-electron chi connectivity index (χ2n) is 5.25. The van der Waals surface area contributed by atoms with Gasteiger partial charge in [-0.25, -0.2) is 0 Å². The first-order valence-electron chi connectivity index (χ1n) is 6.44. The van der Waals surface area contributed by atoms with Crippen LogP contribution >= 0.6 is 0 Å². The molecule has 0 spiro atoms. The van der Waals surface area contributed by atoms with E-state index in [9.17, 15) is 0 Å². The molecule has 2 heteroatoms. The molecule has 1 atom stereocenters. The summed E-state index contributed by atoms with van der Waals surface area (Å²) in [6.07, 6.45) is 5.65. The van der Waals surface area contributed by atoms with Gasteiger partial charge in [-0.2, -0.15) is 0 Å². The van der Waals surface area contributed by atoms with Gasteiger partial charge in [0.1, 0.15) is 11.5 Å². The SMILES string of the molecule is Cc1cc(CNC(C)CC2CCC2)c(C)o1. The quantitative estimate of drug-likeness (QED) is 0.822. The first kappa shape index (κ1) is 11.7. The summed E-state index contributed by atoms with van der Waals surface area (Å²) in [6.45, 7) is 7.28. The summed E-state index contributed by atoms with van der Waals surface area (Å²) >= 11 is 0. The molecule has 0 aromatic carbocycles. The average molecular weight is 221 g/mol. The molecular weight excluding hydrogens is 198 g/mol. The zero-order valence-corrected chi connectivity index (χ0v) is 10.7. The van der Waals surface area contributed by atoms with Crippen molar-refractivity contribution in [3.8, 4) is 0 Å². The standard InChI is InChI=1S/C14H23NO/c1-10(7-13-5-4-6-13)15-9-14-8-11(2)16-12(14)3/h8,10,13,15H,4-7,9H2,1-3H3. The monoisotopic (exact) mass is 221 g/mol. The third-order valence-corrected chi connectivity index (χ3v) is 3.70. The summed E-state index contributed by atoms with van der Waals surface area (Å²) < 4.78 is 5.52. The number of hydrogen-bond acceptors (Lipinski definition) is 2. The van der Waals surface area contributed by atoms with Gasteiger partial charge in [-0.15, -0.1) is 0 Å². The van der Waals surface area contributed by atoms with Crippen LogP contribution in [0.1, 0.15) is 49.7 Å². The van der Waals surface area contributed by atoms with Gasteiger partial charge in [0.05, 0.1) is 0 Å². The Balaban J connectivity index is 1.75. The average Bonchev–Trinajstić information content (AvgIpc) is 2.48. The molecule has 1 saturated carbocycles. The fourth-order valence-corrected chi connectivity index (χ4v) is 2.46. The van der Waals surface area contributed by atoms with E-state index >= 15 is 0 Å². The fourth-order valence-electron chi connectivity index (χ4n) is 2.46. The molecule has 0 bridgehead atoms. The maximum Gasteiger partial charge on any atom is 0.105 e. The van der Waals surface area contributed by atoms with Gasteiger partial charge in [0.25, 0.3) is 0 Å². The molecule has 16 heavy (non-hydrogen) atoms. The Morgan fingerprint density at radius 2 is 2.19 bits per heavy atom. The zero-order chi connectivity index (χ0) is 11.5. The van der Waals surface area contributed by atoms with Gasteiger partial charge in [-0.3, -0.25) is 0 Å². The maximum atomic E-state index is 5.52. The molecular formula is C14H23NO. The maximum absolute atomic E-state index is 5.52. The third-order valence-electron chi connectivity index (χ3n) is 3.70. The van der Waals surface area contributed by atoms with Crippen molar-refractivity contribution < 1.29 is 4.42 Å². The van der Waals surface area contributed by atoms with Gasteiger partial charge in [-0.1, -0.05) is 19.3 Å². The highest BCUT2D eigenvalue weighted by Crippen LogP contribution is 2.30. The van der Waals surface area contributed by atoms with Crippen LogP contribution in [0.3, 0.4) is 0 Å². The van der Waals surface area contributed by atoms with Crippen LogP contribution in [0, 0.1) is 19.8 Å². The molecule has 1 unspecified atom stereocenters. The molecule has 1 aliphatic rings. The Morgan fingerprint density at radius 1 is 1.44 bits per heavy atom. The normalized spacial score (nSPS) is 18.4. The Labute approximate surface area is 98.4 Å². The number of hydrogen-bond donors (Lipinski definition) is 1. The van der Waals surface area contributed by atoms with Gasteiger partial charge in [0, 0.05) is 18.2 Å². The van der Waals surface area contributed by atoms with Crippen molar-refractivity contribution in [1.82, 2.24) is 5.32 Å². The van der Waals surface area contributed by atoms with Gasteiger partial charge < -0.3 is 9.73 Å². The van der Waals surface area contributed by atoms with E-state index in [0.29, 0.717) is 6.04 Å². The van der Waals surface area contributed by atoms with Crippen LogP contribution < -0.4 is 5.32 Å². The molecule has 1 aromatic heterocycles. The van der Waals surface area contributed by atoms with E-state index in [1.54, 1.807) is 0 Å². The first-order valence-corrected chi connectivity index (χ1v) is 6.44. The molecule has 0 aliphatic heterocycles. The largest absolute Gasteiger partial charge is 0.466 e. The molecule has 2 rings (SSSR count). The van der Waals surface area contributed by atoms with Crippen LogP contribution in [0.25, 0.3) is 0 Å². The lowest BCUT2D eigenvalue weighted by Crippen LogP contribution is -2.29. The van der Waals surface area contributed by atoms with E-state index in [1.165, 1.54) is 31.2 Å². The van der Waals surface area contributed by atoms with Crippen molar-refractivity contribution in [2.45, 2.75) is 59.0 Å². The Bertz CT molecular complexity index is 339. The predicted octanol–water partition coefficient (Wildman–Crippen LogP) is 3.56. The Morgan fingerprint density at radius 3 is 2.69 bits per heavy atom. The van der Waals surface area contributed by atoms with Gasteiger partial charge in [0.2, 0.25) is 0 Å². The molecule has 0 saturated heterocycles. The minimum Gasteiger partial charge on any atom is -0.466 e. The van der Waals surface area contributed by atoms with Crippen LogP contribution in [0.4, 0.5) is 0 Å². The molecule has 2 nitrogen and oxygen atoms in total. The summed E-state index contributed by atoms with van der Waals surface area (Å²) in [5, 5.41) is 3.59. The van der Waals surface area contributed by atoms with Crippen molar-refractivity contribution >= 4 is 0 Å². The lowest BCUT2D eigenvalue weighted by Gasteiger charge is -2.28. The Hall–Kier alpha value is -0.760. The second kappa shape index (κ2) is 5.05. The van der Waals surface area contributed by atoms with Crippen LogP contribution in [-0.4, -0.2) is 6.04 Å². The lowest BCUT2D eigenvalue weighted by atomic mass is 9.81. The predicted molar refractivity (Wildman–Crippen MR) is 66.4 cm³/mol. The number of furan rings is 1. The third kappa shape index (κ3) is 2.88. The first-order chi connectivity index (χ1) is 7.65. The molecule has 1 fully saturated rings. The molecule has 1 heterocycles. The van der Waals surface area contributed by atoms with Crippen LogP contribution in [0.2, 0.25) is 0 Å². The fraction of sp³-hybridized carbons (Fsp3) is 0.714. The molecule has 1 aromatic rings. The topological polar surface area (TPSA) is 25.2 Å². The van der Waals surface area contributed by atoms with E-state index in [0.717, 1.165) is 24.0 Å². The van der Waals surface area contributed by atoms with Crippen molar-refractivity contribution in [1.29, 1.82) is 0 Å². The zero-order valence-electron chi connectivity index (χ0n) is 10.7. The number of nitrogens with one attached hydrogen (secondary N) is 1. The summed E-state index contributed by atoms with van der Waals surface area (Å²) in [5.41, 5.74) is 1.30. The lowest BCUT2D eigenvalue weighted by molar-refractivity contribution is 0.265. The summed E-state index contributed by atoms with van der Waals surface area (Å²) in [6, 6.07) is 2.76. The second-order valence-corrected chi connectivity index (χ2v) is 5.25. The summed E-state index contributed by atoms with van der Waals surface area (Å²) in [5.74, 6) is 3.05. The minimum atomic E-state index is 0.625. The Kier molecular flexibility index (Phi) is 3.70. The van der Waals surface area contributed by atoms with E-state index in [-0.39, 0.29) is 0 Å². The summed E-state index contributed by atoms with van der Waals surface area (Å²) in [7, 11) is 0. The van der Waals surface area contributed by atoms with Crippen LogP contribution in [0.15, 0.2) is 10.5 Å². The highest BCUT2D eigenvalue weighted by molar-refractivity contribution is 5.19. The van der Waals surface area contributed by atoms with E-state index in [4.69, 9.17) is 4.42 Å². The molecule has 0 amide bonds. The highest BCUT2D eigenvalue weighted by atomic mass is 16.3. The molecule has 1 aliphatic carbocycles. The van der Waals surface area contributed by atoms with Gasteiger partial charge >= 0.3 is 0 Å². The number of aryl methyl sites for hydroxylation is 2. The molecule has 90 valence electrons. The van der Waals surface area contributed by atoms with Gasteiger partial charge in [0.15, 0.2) is 0 Å². The van der Waals surface area contributed by atoms with Crippen molar-refractivity contribution in [3.63, 3.8) is 0 Å². The van der Waals surface area contributed by atoms with Crippen molar-refractivity contribution in [2.75, 3.05) is 0 Å². The van der Waals surface area contributed by atoms with Crippen molar-refractivity contribution in [2.24, 2.45) is 5.92 Å². The van der Waals surface area contributed by atoms with Crippen molar-refractivity contribution in [3.05, 3.63) is 23.2 Å². The van der Waals surface area contributed by atoms with Crippen LogP contribution in [-0.2, 0) is 6.54 Å². The molecule has 0 radical (unpaired) electrons. The molecule has 1 N–H and O–H groups in total. The van der Waals surface area contributed by atoms with E-state index in [1.807, 2.05) is 13.8 Å². The van der Waals surface area contributed by atoms with Crippen LogP contribution in [0.5, 0.6) is 0 Å². The number of rotatable bonds is 5.